The Morgan fingerprint density at radius 2 is 1.54 bits per heavy atom. The second kappa shape index (κ2) is 6.75. The van der Waals surface area contributed by atoms with Crippen LogP contribution in [0.3, 0.4) is 0 Å². The van der Waals surface area contributed by atoms with Gasteiger partial charge in [0.25, 0.3) is 0 Å². The molecular weight excluding hydrogens is 326 g/mol. The number of carboxylic acids is 1. The number of piperidine rings is 1. The third-order valence-electron chi connectivity index (χ3n) is 4.42. The van der Waals surface area contributed by atoms with Crippen LogP contribution in [0.25, 0.3) is 0 Å². The molecule has 0 aliphatic carbocycles. The molecule has 0 amide bonds. The van der Waals surface area contributed by atoms with E-state index < -0.39 is 21.9 Å². The largest absolute Gasteiger partial charge is 0.481 e. The van der Waals surface area contributed by atoms with Crippen molar-refractivity contribution >= 4 is 16.0 Å². The molecule has 1 aliphatic heterocycles. The van der Waals surface area contributed by atoms with Crippen molar-refractivity contribution in [2.24, 2.45) is 5.92 Å². The minimum Gasteiger partial charge on any atom is -0.481 e. The van der Waals surface area contributed by atoms with Crippen molar-refractivity contribution in [3.63, 3.8) is 0 Å². The Bertz CT molecular complexity index is 805. The maximum absolute atomic E-state index is 13.1. The number of nitrogens with zero attached hydrogens (tertiary/aromatic N) is 1. The Balaban J connectivity index is 2.02. The summed E-state index contributed by atoms with van der Waals surface area (Å²) < 4.78 is 27.5. The molecule has 2 aromatic carbocycles. The van der Waals surface area contributed by atoms with Gasteiger partial charge in [-0.25, -0.2) is 8.42 Å². The smallest absolute Gasteiger partial charge is 0.307 e. The van der Waals surface area contributed by atoms with Crippen LogP contribution in [0.4, 0.5) is 0 Å². The van der Waals surface area contributed by atoms with Crippen LogP contribution in [0, 0.1) is 5.92 Å². The lowest BCUT2D eigenvalue weighted by Crippen LogP contribution is -2.44. The minimum atomic E-state index is -3.76. The molecule has 126 valence electrons. The molecule has 0 bridgehead atoms. The molecule has 6 heteroatoms. The Kier molecular flexibility index (Phi) is 4.69. The molecule has 1 heterocycles. The van der Waals surface area contributed by atoms with Gasteiger partial charge < -0.3 is 5.11 Å². The molecule has 0 saturated carbocycles. The summed E-state index contributed by atoms with van der Waals surface area (Å²) >= 11 is 0. The van der Waals surface area contributed by atoms with Crippen LogP contribution in [0.2, 0.25) is 0 Å². The van der Waals surface area contributed by atoms with Crippen molar-refractivity contribution in [3.8, 4) is 0 Å². The number of hydrogen-bond acceptors (Lipinski definition) is 3. The highest BCUT2D eigenvalue weighted by Crippen LogP contribution is 2.37. The minimum absolute atomic E-state index is 0.00782. The third kappa shape index (κ3) is 3.20. The fourth-order valence-electron chi connectivity index (χ4n) is 3.14. The Labute approximate surface area is 141 Å². The van der Waals surface area contributed by atoms with Gasteiger partial charge in [0.15, 0.2) is 0 Å². The molecule has 3 rings (SSSR count). The van der Waals surface area contributed by atoms with Gasteiger partial charge in [-0.3, -0.25) is 4.79 Å². The first-order valence-corrected chi connectivity index (χ1v) is 9.29. The van der Waals surface area contributed by atoms with Gasteiger partial charge in [0.05, 0.1) is 16.9 Å². The van der Waals surface area contributed by atoms with Gasteiger partial charge in [-0.05, 0) is 30.5 Å². The van der Waals surface area contributed by atoms with Crippen molar-refractivity contribution in [3.05, 3.63) is 66.2 Å². The van der Waals surface area contributed by atoms with Crippen molar-refractivity contribution < 1.29 is 18.3 Å². The van der Waals surface area contributed by atoms with Crippen molar-refractivity contribution in [1.82, 2.24) is 4.31 Å². The molecule has 1 N–H and O–H groups in total. The van der Waals surface area contributed by atoms with Crippen LogP contribution in [-0.2, 0) is 14.8 Å². The third-order valence-corrected chi connectivity index (χ3v) is 6.31. The molecule has 2 aromatic rings. The second-order valence-electron chi connectivity index (χ2n) is 5.93. The lowest BCUT2D eigenvalue weighted by atomic mass is 9.91. The first-order chi connectivity index (χ1) is 11.5. The highest BCUT2D eigenvalue weighted by Gasteiger charge is 2.39. The van der Waals surface area contributed by atoms with E-state index in [0.29, 0.717) is 12.8 Å². The van der Waals surface area contributed by atoms with E-state index in [0.717, 1.165) is 5.56 Å². The summed E-state index contributed by atoms with van der Waals surface area (Å²) in [5, 5.41) is 9.33. The molecule has 1 fully saturated rings. The maximum atomic E-state index is 13.1. The lowest BCUT2D eigenvalue weighted by molar-refractivity contribution is -0.143. The molecule has 1 aliphatic rings. The summed E-state index contributed by atoms with van der Waals surface area (Å²) in [7, 11) is -3.76. The topological polar surface area (TPSA) is 74.7 Å². The second-order valence-corrected chi connectivity index (χ2v) is 7.82. The zero-order valence-electron chi connectivity index (χ0n) is 13.1. The van der Waals surface area contributed by atoms with Crippen molar-refractivity contribution in [2.75, 3.05) is 6.54 Å². The monoisotopic (exact) mass is 345 g/mol. The highest BCUT2D eigenvalue weighted by atomic mass is 32.2. The quantitative estimate of drug-likeness (QED) is 0.924. The van der Waals surface area contributed by atoms with Crippen molar-refractivity contribution in [1.29, 1.82) is 0 Å². The van der Waals surface area contributed by atoms with Gasteiger partial charge in [0, 0.05) is 6.54 Å². The fourth-order valence-corrected chi connectivity index (χ4v) is 4.85. The van der Waals surface area contributed by atoms with Gasteiger partial charge in [0.1, 0.15) is 0 Å². The van der Waals surface area contributed by atoms with E-state index in [2.05, 4.69) is 0 Å². The van der Waals surface area contributed by atoms with Crippen LogP contribution in [0.15, 0.2) is 65.6 Å². The Morgan fingerprint density at radius 1 is 0.958 bits per heavy atom. The van der Waals surface area contributed by atoms with E-state index in [-0.39, 0.29) is 17.5 Å². The van der Waals surface area contributed by atoms with Gasteiger partial charge in [-0.1, -0.05) is 48.5 Å². The highest BCUT2D eigenvalue weighted by molar-refractivity contribution is 7.89. The van der Waals surface area contributed by atoms with Gasteiger partial charge >= 0.3 is 5.97 Å². The molecular formula is C18H19NO4S. The Hall–Kier alpha value is -2.18. The number of carbonyl (C=O) groups is 1. The number of sulfonamides is 1. The number of carboxylic acid groups (broad SMARTS) is 1. The summed E-state index contributed by atoms with van der Waals surface area (Å²) in [5.41, 5.74) is 0.890. The summed E-state index contributed by atoms with van der Waals surface area (Å²) in [6.07, 6.45) is 0.961. The average Bonchev–Trinajstić information content (AvgIpc) is 2.62. The molecule has 1 saturated heterocycles. The zero-order valence-corrected chi connectivity index (χ0v) is 13.9. The molecule has 0 radical (unpaired) electrons. The van der Waals surface area contributed by atoms with Gasteiger partial charge in [0.2, 0.25) is 10.0 Å². The lowest BCUT2D eigenvalue weighted by Gasteiger charge is -2.37. The predicted octanol–water partition coefficient (Wildman–Crippen LogP) is 2.91. The average molecular weight is 345 g/mol. The molecule has 5 nitrogen and oxygen atoms in total. The molecule has 0 aromatic heterocycles. The number of benzene rings is 2. The molecule has 24 heavy (non-hydrogen) atoms. The van der Waals surface area contributed by atoms with Gasteiger partial charge in [-0.2, -0.15) is 4.31 Å². The van der Waals surface area contributed by atoms with Crippen LogP contribution in [-0.4, -0.2) is 30.3 Å². The fraction of sp³-hybridized carbons (Fsp3) is 0.278. The van der Waals surface area contributed by atoms with E-state index in [1.54, 1.807) is 30.3 Å². The summed E-state index contributed by atoms with van der Waals surface area (Å²) in [4.78, 5) is 11.6. The number of hydrogen-bond donors (Lipinski definition) is 1. The number of rotatable bonds is 4. The van der Waals surface area contributed by atoms with E-state index in [9.17, 15) is 18.3 Å². The predicted molar refractivity (Wildman–Crippen MR) is 89.9 cm³/mol. The normalized spacial score (nSPS) is 22.2. The van der Waals surface area contributed by atoms with Crippen LogP contribution >= 0.6 is 0 Å². The maximum Gasteiger partial charge on any atom is 0.307 e. The van der Waals surface area contributed by atoms with E-state index in [1.165, 1.54) is 4.31 Å². The standard InChI is InChI=1S/C18H19NO4S/c20-18(21)15-11-12-17(14-7-3-1-4-8-14)19(13-15)24(22,23)16-9-5-2-6-10-16/h1-10,15,17H,11-13H2,(H,20,21)/t15-,17-/m1/s1. The molecule has 0 unspecified atom stereocenters. The van der Waals surface area contributed by atoms with Gasteiger partial charge in [-0.15, -0.1) is 0 Å². The van der Waals surface area contributed by atoms with E-state index in [1.807, 2.05) is 30.3 Å². The first kappa shape index (κ1) is 16.7. The Morgan fingerprint density at radius 3 is 2.12 bits per heavy atom. The first-order valence-electron chi connectivity index (χ1n) is 7.85. The SMILES string of the molecule is O=C(O)[C@@H]1CC[C@H](c2ccccc2)N(S(=O)(=O)c2ccccc2)C1. The summed E-state index contributed by atoms with van der Waals surface area (Å²) in [5.74, 6) is -1.63. The van der Waals surface area contributed by atoms with Crippen molar-refractivity contribution in [2.45, 2.75) is 23.8 Å². The summed E-state index contributed by atoms with van der Waals surface area (Å²) in [6.45, 7) is -0.00782. The van der Waals surface area contributed by atoms with E-state index in [4.69, 9.17) is 0 Å². The summed E-state index contributed by atoms with van der Waals surface area (Å²) in [6, 6.07) is 17.2. The number of aliphatic carboxylic acids is 1. The van der Waals surface area contributed by atoms with Crippen LogP contribution < -0.4 is 0 Å². The molecule has 2 atom stereocenters. The molecule has 0 spiro atoms. The van der Waals surface area contributed by atoms with Crippen LogP contribution in [0.1, 0.15) is 24.4 Å². The zero-order chi connectivity index (χ0) is 17.2. The van der Waals surface area contributed by atoms with Crippen LogP contribution in [0.5, 0.6) is 0 Å². The van der Waals surface area contributed by atoms with E-state index >= 15 is 0 Å².